The lowest BCUT2D eigenvalue weighted by Gasteiger charge is -2.15. The van der Waals surface area contributed by atoms with Gasteiger partial charge in [-0.25, -0.2) is 4.98 Å². The van der Waals surface area contributed by atoms with E-state index < -0.39 is 17.6 Å². The fraction of sp³-hybridized carbons (Fsp3) is 0.118. The number of nitrogens with one attached hydrogen (secondary N) is 2. The van der Waals surface area contributed by atoms with Crippen molar-refractivity contribution in [2.75, 3.05) is 12.4 Å². The van der Waals surface area contributed by atoms with E-state index in [2.05, 4.69) is 20.6 Å². The molecule has 1 aromatic carbocycles. The second kappa shape index (κ2) is 6.80. The summed E-state index contributed by atoms with van der Waals surface area (Å²) in [4.78, 5) is 20.5. The highest BCUT2D eigenvalue weighted by Crippen LogP contribution is 2.33. The Morgan fingerprint density at radius 2 is 1.96 bits per heavy atom. The molecule has 0 fully saturated rings. The number of carbonyl (C=O) groups is 1. The van der Waals surface area contributed by atoms with E-state index in [0.29, 0.717) is 5.52 Å². The van der Waals surface area contributed by atoms with E-state index in [1.807, 2.05) is 0 Å². The number of hydrogen-bond donors (Lipinski definition) is 2. The van der Waals surface area contributed by atoms with Gasteiger partial charge in [0.1, 0.15) is 10.7 Å². The Balaban J connectivity index is 2.16. The third-order valence-electron chi connectivity index (χ3n) is 3.61. The number of benzene rings is 1. The predicted molar refractivity (Wildman–Crippen MR) is 92.7 cm³/mol. The van der Waals surface area contributed by atoms with Crippen molar-refractivity contribution in [2.45, 2.75) is 6.18 Å². The number of anilines is 2. The molecule has 0 radical (unpaired) electrons. The predicted octanol–water partition coefficient (Wildman–Crippen LogP) is 4.41. The van der Waals surface area contributed by atoms with Gasteiger partial charge >= 0.3 is 6.18 Å². The Labute approximate surface area is 151 Å². The van der Waals surface area contributed by atoms with Crippen LogP contribution in [0.2, 0.25) is 5.15 Å². The molecule has 0 aliphatic rings. The Bertz CT molecular complexity index is 991. The number of alkyl halides is 3. The molecule has 26 heavy (non-hydrogen) atoms. The summed E-state index contributed by atoms with van der Waals surface area (Å²) < 4.78 is 38.8. The van der Waals surface area contributed by atoms with E-state index in [1.165, 1.54) is 31.4 Å². The van der Waals surface area contributed by atoms with Crippen LogP contribution in [0, 0.1) is 0 Å². The van der Waals surface area contributed by atoms with Crippen LogP contribution < -0.4 is 10.6 Å². The normalized spacial score (nSPS) is 11.4. The Morgan fingerprint density at radius 3 is 2.65 bits per heavy atom. The van der Waals surface area contributed by atoms with Crippen LogP contribution in [0.3, 0.4) is 0 Å². The number of hydrogen-bond acceptors (Lipinski definition) is 4. The summed E-state index contributed by atoms with van der Waals surface area (Å²) in [6.45, 7) is 0. The molecule has 0 unspecified atom stereocenters. The molecule has 0 saturated carbocycles. The van der Waals surface area contributed by atoms with Gasteiger partial charge < -0.3 is 10.6 Å². The summed E-state index contributed by atoms with van der Waals surface area (Å²) in [5, 5.41) is 5.48. The fourth-order valence-corrected chi connectivity index (χ4v) is 2.54. The second-order valence-electron chi connectivity index (χ2n) is 5.33. The van der Waals surface area contributed by atoms with Crippen molar-refractivity contribution in [2.24, 2.45) is 0 Å². The first-order chi connectivity index (χ1) is 12.3. The van der Waals surface area contributed by atoms with E-state index in [-0.39, 0.29) is 27.6 Å². The number of amides is 1. The number of halogens is 4. The first-order valence-corrected chi connectivity index (χ1v) is 7.79. The Morgan fingerprint density at radius 1 is 1.19 bits per heavy atom. The van der Waals surface area contributed by atoms with Crippen LogP contribution in [0.15, 0.2) is 42.6 Å². The van der Waals surface area contributed by atoms with Gasteiger partial charge in [0.15, 0.2) is 0 Å². The quantitative estimate of drug-likeness (QED) is 0.661. The topological polar surface area (TPSA) is 66.9 Å². The lowest BCUT2D eigenvalue weighted by molar-refractivity contribution is -0.137. The lowest BCUT2D eigenvalue weighted by Crippen LogP contribution is -2.20. The average Bonchev–Trinajstić information content (AvgIpc) is 2.61. The monoisotopic (exact) mass is 380 g/mol. The minimum Gasteiger partial charge on any atom is -0.355 e. The molecule has 3 rings (SSSR count). The molecule has 1 amide bonds. The van der Waals surface area contributed by atoms with Crippen molar-refractivity contribution in [3.8, 4) is 0 Å². The van der Waals surface area contributed by atoms with Crippen LogP contribution in [0.1, 0.15) is 15.9 Å². The Kier molecular flexibility index (Phi) is 4.69. The number of rotatable bonds is 3. The maximum absolute atomic E-state index is 12.9. The van der Waals surface area contributed by atoms with E-state index in [1.54, 1.807) is 6.07 Å². The van der Waals surface area contributed by atoms with E-state index in [0.717, 1.165) is 12.1 Å². The van der Waals surface area contributed by atoms with Crippen LogP contribution in [0.5, 0.6) is 0 Å². The molecule has 0 saturated heterocycles. The van der Waals surface area contributed by atoms with Crippen molar-refractivity contribution in [1.29, 1.82) is 0 Å². The highest BCUT2D eigenvalue weighted by molar-refractivity contribution is 6.30. The van der Waals surface area contributed by atoms with Gasteiger partial charge in [0.2, 0.25) is 0 Å². The summed E-state index contributed by atoms with van der Waals surface area (Å²) in [6, 6.07) is 7.78. The Hall–Kier alpha value is -2.87. The average molecular weight is 381 g/mol. The zero-order valence-corrected chi connectivity index (χ0v) is 14.1. The molecule has 134 valence electrons. The third kappa shape index (κ3) is 3.55. The molecule has 2 aromatic heterocycles. The molecular weight excluding hydrogens is 369 g/mol. The van der Waals surface area contributed by atoms with Gasteiger partial charge in [0.25, 0.3) is 5.91 Å². The first-order valence-electron chi connectivity index (χ1n) is 7.41. The molecular formula is C17H12ClF3N4O. The third-order valence-corrected chi connectivity index (χ3v) is 3.82. The van der Waals surface area contributed by atoms with Gasteiger partial charge in [-0.1, -0.05) is 17.7 Å². The molecule has 2 N–H and O–H groups in total. The second-order valence-corrected chi connectivity index (χ2v) is 5.72. The number of nitrogens with zero attached hydrogens (tertiary/aromatic N) is 2. The largest absolute Gasteiger partial charge is 0.416 e. The van der Waals surface area contributed by atoms with Crippen LogP contribution in [0.4, 0.5) is 24.5 Å². The molecule has 0 spiro atoms. The zero-order chi connectivity index (χ0) is 18.9. The fourth-order valence-electron chi connectivity index (χ4n) is 2.39. The maximum atomic E-state index is 12.9. The van der Waals surface area contributed by atoms with Crippen LogP contribution >= 0.6 is 11.6 Å². The van der Waals surface area contributed by atoms with Crippen LogP contribution in [0.25, 0.3) is 11.0 Å². The number of aromatic nitrogens is 2. The molecule has 3 aromatic rings. The van der Waals surface area contributed by atoms with Gasteiger partial charge in [-0.3, -0.25) is 9.78 Å². The SMILES string of the molecule is CNC(=O)c1cnc2ccc(Cl)nc2c1Nc1cccc(C(F)(F)F)c1. The minimum absolute atomic E-state index is 0.132. The van der Waals surface area contributed by atoms with Crippen molar-refractivity contribution >= 4 is 39.9 Å². The summed E-state index contributed by atoms with van der Waals surface area (Å²) in [7, 11) is 1.44. The van der Waals surface area contributed by atoms with Crippen molar-refractivity contribution < 1.29 is 18.0 Å². The highest BCUT2D eigenvalue weighted by Gasteiger charge is 2.30. The van der Waals surface area contributed by atoms with Gasteiger partial charge in [-0.15, -0.1) is 0 Å². The number of fused-ring (bicyclic) bond motifs is 1. The van der Waals surface area contributed by atoms with Gasteiger partial charge in [-0.2, -0.15) is 13.2 Å². The van der Waals surface area contributed by atoms with E-state index >= 15 is 0 Å². The van der Waals surface area contributed by atoms with Gasteiger partial charge in [0.05, 0.1) is 22.3 Å². The maximum Gasteiger partial charge on any atom is 0.416 e. The standard InChI is InChI=1S/C17H12ClF3N4O/c1-22-16(26)11-8-23-12-5-6-13(18)25-15(12)14(11)24-10-4-2-3-9(7-10)17(19,20)21/h2-8H,1H3,(H,22,26)(H,23,24). The summed E-state index contributed by atoms with van der Waals surface area (Å²) in [6.07, 6.45) is -3.16. The minimum atomic E-state index is -4.48. The number of carbonyl (C=O) groups excluding carboxylic acids is 1. The van der Waals surface area contributed by atoms with E-state index in [9.17, 15) is 18.0 Å². The van der Waals surface area contributed by atoms with Gasteiger partial charge in [0, 0.05) is 18.9 Å². The number of pyridine rings is 2. The summed E-state index contributed by atoms with van der Waals surface area (Å²) in [5.41, 5.74) is 0.406. The molecule has 2 heterocycles. The molecule has 9 heteroatoms. The van der Waals surface area contributed by atoms with Gasteiger partial charge in [-0.05, 0) is 30.3 Å². The van der Waals surface area contributed by atoms with Crippen LogP contribution in [-0.4, -0.2) is 22.9 Å². The highest BCUT2D eigenvalue weighted by atomic mass is 35.5. The lowest BCUT2D eigenvalue weighted by atomic mass is 10.1. The van der Waals surface area contributed by atoms with Crippen molar-refractivity contribution in [3.05, 3.63) is 58.9 Å². The molecule has 0 atom stereocenters. The van der Waals surface area contributed by atoms with Crippen molar-refractivity contribution in [3.63, 3.8) is 0 Å². The summed E-state index contributed by atoms with van der Waals surface area (Å²) >= 11 is 5.93. The van der Waals surface area contributed by atoms with E-state index in [4.69, 9.17) is 11.6 Å². The smallest absolute Gasteiger partial charge is 0.355 e. The molecule has 0 aliphatic heterocycles. The molecule has 0 aliphatic carbocycles. The van der Waals surface area contributed by atoms with Crippen LogP contribution in [-0.2, 0) is 6.18 Å². The van der Waals surface area contributed by atoms with Crippen molar-refractivity contribution in [1.82, 2.24) is 15.3 Å². The summed E-state index contributed by atoms with van der Waals surface area (Å²) in [5.74, 6) is -0.462. The first kappa shape index (κ1) is 17.9. The zero-order valence-electron chi connectivity index (χ0n) is 13.4. The molecule has 0 bridgehead atoms. The molecule has 5 nitrogen and oxygen atoms in total.